The Morgan fingerprint density at radius 1 is 1.33 bits per heavy atom. The second-order valence-corrected chi connectivity index (χ2v) is 2.56. The zero-order valence-corrected chi connectivity index (χ0v) is 8.98. The maximum atomic E-state index is 2.39. The van der Waals surface area contributed by atoms with Crippen molar-refractivity contribution in [2.45, 2.75) is 32.6 Å². The largest absolute Gasteiger partial charge is 0.357 e. The Labute approximate surface area is 83.7 Å². The first kappa shape index (κ1) is 10.1. The smallest absolute Gasteiger partial charge is 0 e. The molecule has 0 N–H and O–H groups in total. The minimum atomic E-state index is 0. The van der Waals surface area contributed by atoms with Crippen LogP contribution in [-0.4, -0.2) is 0 Å². The molecule has 1 saturated carbocycles. The molecule has 1 heteroatoms. The van der Waals surface area contributed by atoms with Gasteiger partial charge in [-0.25, -0.2) is 0 Å². The molecule has 0 aromatic rings. The number of hydrogen-bond acceptors (Lipinski definition) is 0. The molecule has 0 heterocycles. The summed E-state index contributed by atoms with van der Waals surface area (Å²) in [5.41, 5.74) is 0. The molecule has 1 fully saturated rings. The number of hydrogen-bond donors (Lipinski definition) is 0. The maximum absolute atomic E-state index is 2.39. The van der Waals surface area contributed by atoms with E-state index < -0.39 is 0 Å². The molecular weight excluding hydrogens is 185 g/mol. The first-order chi connectivity index (χ1) is 3.93. The van der Waals surface area contributed by atoms with Crippen LogP contribution in [0.5, 0.6) is 0 Å². The van der Waals surface area contributed by atoms with Gasteiger partial charge in [-0.15, -0.1) is 0 Å². The average molecular weight is 199 g/mol. The van der Waals surface area contributed by atoms with Gasteiger partial charge in [-0.1, -0.05) is 19.3 Å². The molecule has 0 saturated heterocycles. The summed E-state index contributed by atoms with van der Waals surface area (Å²) in [5.74, 6) is 0.976. The van der Waals surface area contributed by atoms with Gasteiger partial charge < -0.3 is 19.3 Å². The van der Waals surface area contributed by atoms with E-state index in [1.165, 1.54) is 25.7 Å². The standard InChI is InChI=1S/C8H14.Y/c1-2-8-6-4-3-5-7-8;/h4-5,8H,2-3,6-7H2,1H3;/q-2;. The second-order valence-electron chi connectivity index (χ2n) is 2.56. The summed E-state index contributed by atoms with van der Waals surface area (Å²) < 4.78 is 0. The summed E-state index contributed by atoms with van der Waals surface area (Å²) in [6.45, 7) is 2.28. The van der Waals surface area contributed by atoms with Gasteiger partial charge in [0.05, 0.1) is 0 Å². The molecule has 9 heavy (non-hydrogen) atoms. The molecule has 1 rings (SSSR count). The molecule has 0 spiro atoms. The molecule has 0 unspecified atom stereocenters. The van der Waals surface area contributed by atoms with Crippen molar-refractivity contribution in [1.29, 1.82) is 0 Å². The quantitative estimate of drug-likeness (QED) is 0.569. The van der Waals surface area contributed by atoms with Gasteiger partial charge in [0.25, 0.3) is 0 Å². The van der Waals surface area contributed by atoms with E-state index in [0.717, 1.165) is 5.92 Å². The molecule has 0 aromatic heterocycles. The molecule has 51 valence electrons. The van der Waals surface area contributed by atoms with Crippen molar-refractivity contribution in [3.8, 4) is 0 Å². The van der Waals surface area contributed by atoms with Gasteiger partial charge in [0, 0.05) is 32.7 Å². The summed E-state index contributed by atoms with van der Waals surface area (Å²) in [6, 6.07) is 0. The van der Waals surface area contributed by atoms with E-state index in [-0.39, 0.29) is 32.7 Å². The molecular formula is C8H14Y-2. The van der Waals surface area contributed by atoms with E-state index in [1.807, 2.05) is 0 Å². The van der Waals surface area contributed by atoms with Gasteiger partial charge in [0.1, 0.15) is 0 Å². The van der Waals surface area contributed by atoms with Crippen LogP contribution in [0.25, 0.3) is 0 Å². The minimum Gasteiger partial charge on any atom is -0.357 e. The van der Waals surface area contributed by atoms with Gasteiger partial charge >= 0.3 is 0 Å². The van der Waals surface area contributed by atoms with Crippen LogP contribution in [0.1, 0.15) is 32.6 Å². The Hall–Kier alpha value is 1.10. The summed E-state index contributed by atoms with van der Waals surface area (Å²) >= 11 is 0. The third-order valence-electron chi connectivity index (χ3n) is 1.91. The SMILES string of the molecule is CCC1C[CH-]C[CH-]C1.[Y]. The van der Waals surface area contributed by atoms with Gasteiger partial charge in [-0.05, 0) is 0 Å². The van der Waals surface area contributed by atoms with Crippen LogP contribution < -0.4 is 0 Å². The summed E-state index contributed by atoms with van der Waals surface area (Å²) in [6.07, 6.45) is 10.1. The van der Waals surface area contributed by atoms with Crippen LogP contribution >= 0.6 is 0 Å². The van der Waals surface area contributed by atoms with Crippen molar-refractivity contribution in [2.75, 3.05) is 0 Å². The molecule has 0 nitrogen and oxygen atoms in total. The van der Waals surface area contributed by atoms with Crippen molar-refractivity contribution in [3.05, 3.63) is 12.8 Å². The first-order valence-electron chi connectivity index (χ1n) is 3.56. The van der Waals surface area contributed by atoms with Crippen LogP contribution in [0.3, 0.4) is 0 Å². The minimum absolute atomic E-state index is 0. The van der Waals surface area contributed by atoms with E-state index in [2.05, 4.69) is 19.8 Å². The predicted molar refractivity (Wildman–Crippen MR) is 36.2 cm³/mol. The van der Waals surface area contributed by atoms with Gasteiger partial charge in [-0.3, -0.25) is 0 Å². The summed E-state index contributed by atoms with van der Waals surface area (Å²) in [5, 5.41) is 0. The van der Waals surface area contributed by atoms with E-state index in [9.17, 15) is 0 Å². The maximum Gasteiger partial charge on any atom is 0 e. The van der Waals surface area contributed by atoms with Crippen LogP contribution in [0.4, 0.5) is 0 Å². The van der Waals surface area contributed by atoms with Gasteiger partial charge in [-0.2, -0.15) is 12.8 Å². The first-order valence-corrected chi connectivity index (χ1v) is 3.56. The van der Waals surface area contributed by atoms with Crippen LogP contribution in [0, 0.1) is 18.8 Å². The van der Waals surface area contributed by atoms with E-state index in [4.69, 9.17) is 0 Å². The second kappa shape index (κ2) is 5.86. The molecule has 1 radical (unpaired) electrons. The van der Waals surface area contributed by atoms with Crippen molar-refractivity contribution in [1.82, 2.24) is 0 Å². The summed E-state index contributed by atoms with van der Waals surface area (Å²) in [7, 11) is 0. The van der Waals surface area contributed by atoms with Gasteiger partial charge in [0.15, 0.2) is 0 Å². The van der Waals surface area contributed by atoms with Crippen LogP contribution in [0.2, 0.25) is 0 Å². The average Bonchev–Trinajstić information content (AvgIpc) is 1.90. The third-order valence-corrected chi connectivity index (χ3v) is 1.91. The van der Waals surface area contributed by atoms with Crippen molar-refractivity contribution in [2.24, 2.45) is 5.92 Å². The Bertz CT molecular complexity index is 55.6. The number of rotatable bonds is 1. The van der Waals surface area contributed by atoms with E-state index in [1.54, 1.807) is 0 Å². The zero-order chi connectivity index (χ0) is 5.82. The monoisotopic (exact) mass is 199 g/mol. The fourth-order valence-corrected chi connectivity index (χ4v) is 1.21. The fraction of sp³-hybridized carbons (Fsp3) is 0.750. The Kier molecular flexibility index (Phi) is 6.57. The summed E-state index contributed by atoms with van der Waals surface area (Å²) in [4.78, 5) is 0. The predicted octanol–water partition coefficient (Wildman–Crippen LogP) is 2.60. The van der Waals surface area contributed by atoms with E-state index in [0.29, 0.717) is 0 Å². The molecule has 0 aliphatic heterocycles. The topological polar surface area (TPSA) is 0 Å². The molecule has 0 amide bonds. The van der Waals surface area contributed by atoms with Crippen molar-refractivity contribution >= 4 is 0 Å². The Morgan fingerprint density at radius 2 is 1.89 bits per heavy atom. The zero-order valence-electron chi connectivity index (χ0n) is 6.14. The molecule has 0 aromatic carbocycles. The van der Waals surface area contributed by atoms with Gasteiger partial charge in [0.2, 0.25) is 0 Å². The normalized spacial score (nSPS) is 21.0. The fourth-order valence-electron chi connectivity index (χ4n) is 1.21. The molecule has 1 aliphatic carbocycles. The van der Waals surface area contributed by atoms with Crippen LogP contribution in [0.15, 0.2) is 0 Å². The van der Waals surface area contributed by atoms with Crippen molar-refractivity contribution < 1.29 is 32.7 Å². The third kappa shape index (κ3) is 3.73. The van der Waals surface area contributed by atoms with Crippen LogP contribution in [-0.2, 0) is 32.7 Å². The van der Waals surface area contributed by atoms with Crippen molar-refractivity contribution in [3.63, 3.8) is 0 Å². The molecule has 0 atom stereocenters. The van der Waals surface area contributed by atoms with E-state index >= 15 is 0 Å². The Morgan fingerprint density at radius 3 is 2.22 bits per heavy atom. The molecule has 1 aliphatic rings. The Balaban J connectivity index is 0.000000640. The molecule has 0 bridgehead atoms.